The average molecular weight is 298 g/mol. The van der Waals surface area contributed by atoms with E-state index < -0.39 is 0 Å². The quantitative estimate of drug-likeness (QED) is 0.592. The van der Waals surface area contributed by atoms with Crippen molar-refractivity contribution in [3.05, 3.63) is 40.9 Å². The average Bonchev–Trinajstić information content (AvgIpc) is 3.19. The van der Waals surface area contributed by atoms with Gasteiger partial charge in [-0.25, -0.2) is 9.97 Å². The normalized spacial score (nSPS) is 14.6. The van der Waals surface area contributed by atoms with Gasteiger partial charge >= 0.3 is 0 Å². The van der Waals surface area contributed by atoms with Crippen molar-refractivity contribution in [2.75, 3.05) is 5.43 Å². The Labute approximate surface area is 125 Å². The van der Waals surface area contributed by atoms with Crippen molar-refractivity contribution in [2.24, 2.45) is 5.10 Å². The highest BCUT2D eigenvalue weighted by atomic mass is 32.1. The Balaban J connectivity index is 1.72. The molecule has 6 heteroatoms. The standard InChI is InChI=1S/C15H14N4OS/c1-9(11-5-3-7-20-11)18-19-14-13-10-4-2-6-12(10)21-15(13)17-8-16-14/h3,5,7-8H,2,4,6H2,1H3,(H,16,17,19)/b18-9-. The van der Waals surface area contributed by atoms with Crippen molar-refractivity contribution in [2.45, 2.75) is 26.2 Å². The van der Waals surface area contributed by atoms with Crippen molar-refractivity contribution in [3.63, 3.8) is 0 Å². The molecule has 0 amide bonds. The van der Waals surface area contributed by atoms with Gasteiger partial charge in [0.2, 0.25) is 0 Å². The van der Waals surface area contributed by atoms with Gasteiger partial charge in [0.05, 0.1) is 11.6 Å². The number of hydrogen-bond donors (Lipinski definition) is 1. The van der Waals surface area contributed by atoms with Crippen LogP contribution >= 0.6 is 11.3 Å². The first-order valence-electron chi connectivity index (χ1n) is 6.92. The molecular weight excluding hydrogens is 284 g/mol. The lowest BCUT2D eigenvalue weighted by Gasteiger charge is -2.03. The zero-order chi connectivity index (χ0) is 14.2. The van der Waals surface area contributed by atoms with Crippen LogP contribution in [0.15, 0.2) is 34.2 Å². The van der Waals surface area contributed by atoms with E-state index in [0.717, 1.165) is 40.3 Å². The minimum atomic E-state index is 0.753. The Kier molecular flexibility index (Phi) is 2.96. The van der Waals surface area contributed by atoms with Gasteiger partial charge in [0.1, 0.15) is 22.6 Å². The molecule has 1 aliphatic rings. The van der Waals surface area contributed by atoms with Gasteiger partial charge in [0.25, 0.3) is 0 Å². The van der Waals surface area contributed by atoms with Gasteiger partial charge < -0.3 is 4.42 Å². The second-order valence-corrected chi connectivity index (χ2v) is 6.13. The third-order valence-electron chi connectivity index (χ3n) is 3.71. The summed E-state index contributed by atoms with van der Waals surface area (Å²) in [5.41, 5.74) is 5.26. The number of nitrogens with one attached hydrogen (secondary N) is 1. The number of nitrogens with zero attached hydrogens (tertiary/aromatic N) is 3. The second-order valence-electron chi connectivity index (χ2n) is 5.05. The molecule has 0 spiro atoms. The molecule has 0 fully saturated rings. The van der Waals surface area contributed by atoms with Crippen LogP contribution in [0.1, 0.15) is 29.5 Å². The lowest BCUT2D eigenvalue weighted by molar-refractivity contribution is 0.557. The SMILES string of the molecule is C/C(=N/Nc1ncnc2sc3c(c12)CCC3)c1ccco1. The Morgan fingerprint density at radius 1 is 1.38 bits per heavy atom. The van der Waals surface area contributed by atoms with Gasteiger partial charge in [-0.15, -0.1) is 11.3 Å². The molecule has 1 aliphatic carbocycles. The molecular formula is C15H14N4OS. The molecule has 3 aromatic heterocycles. The lowest BCUT2D eigenvalue weighted by atomic mass is 10.2. The van der Waals surface area contributed by atoms with Gasteiger partial charge in [-0.3, -0.25) is 5.43 Å². The van der Waals surface area contributed by atoms with Crippen LogP contribution < -0.4 is 5.43 Å². The number of anilines is 1. The molecule has 21 heavy (non-hydrogen) atoms. The van der Waals surface area contributed by atoms with E-state index in [1.807, 2.05) is 19.1 Å². The maximum absolute atomic E-state index is 5.33. The Hall–Kier alpha value is -2.21. The van der Waals surface area contributed by atoms with Crippen LogP contribution in [0.3, 0.4) is 0 Å². The summed E-state index contributed by atoms with van der Waals surface area (Å²) in [6.07, 6.45) is 6.72. The van der Waals surface area contributed by atoms with Gasteiger partial charge in [-0.05, 0) is 43.9 Å². The van der Waals surface area contributed by atoms with Crippen molar-refractivity contribution in [1.82, 2.24) is 9.97 Å². The molecule has 0 atom stereocenters. The molecule has 0 bridgehead atoms. The number of hydrazone groups is 1. The maximum Gasteiger partial charge on any atom is 0.158 e. The van der Waals surface area contributed by atoms with Crippen LogP contribution in [0.5, 0.6) is 0 Å². The number of aromatic nitrogens is 2. The molecule has 0 saturated carbocycles. The molecule has 3 aromatic rings. The van der Waals surface area contributed by atoms with E-state index in [4.69, 9.17) is 4.42 Å². The van der Waals surface area contributed by atoms with E-state index in [1.54, 1.807) is 23.9 Å². The van der Waals surface area contributed by atoms with Crippen molar-refractivity contribution in [3.8, 4) is 0 Å². The first-order chi connectivity index (χ1) is 10.3. The topological polar surface area (TPSA) is 63.3 Å². The third-order valence-corrected chi connectivity index (χ3v) is 4.91. The van der Waals surface area contributed by atoms with E-state index in [0.29, 0.717) is 0 Å². The molecule has 0 aromatic carbocycles. The summed E-state index contributed by atoms with van der Waals surface area (Å²) in [6, 6.07) is 3.74. The summed E-state index contributed by atoms with van der Waals surface area (Å²) in [4.78, 5) is 11.2. The summed E-state index contributed by atoms with van der Waals surface area (Å²) in [6.45, 7) is 1.91. The number of thiophene rings is 1. The fraction of sp³-hybridized carbons (Fsp3) is 0.267. The molecule has 4 rings (SSSR count). The van der Waals surface area contributed by atoms with Crippen LogP contribution in [-0.2, 0) is 12.8 Å². The number of furan rings is 1. The molecule has 0 aliphatic heterocycles. The number of fused-ring (bicyclic) bond motifs is 3. The van der Waals surface area contributed by atoms with E-state index in [-0.39, 0.29) is 0 Å². The largest absolute Gasteiger partial charge is 0.463 e. The first kappa shape index (κ1) is 12.5. The first-order valence-corrected chi connectivity index (χ1v) is 7.74. The summed E-state index contributed by atoms with van der Waals surface area (Å²) >= 11 is 1.77. The lowest BCUT2D eigenvalue weighted by Crippen LogP contribution is -2.00. The summed E-state index contributed by atoms with van der Waals surface area (Å²) in [5.74, 6) is 1.54. The second kappa shape index (κ2) is 4.96. The van der Waals surface area contributed by atoms with Crippen molar-refractivity contribution < 1.29 is 4.42 Å². The number of aryl methyl sites for hydroxylation is 2. The van der Waals surface area contributed by atoms with Crippen LogP contribution in [0.2, 0.25) is 0 Å². The molecule has 3 heterocycles. The van der Waals surface area contributed by atoms with Crippen LogP contribution in [0.4, 0.5) is 5.82 Å². The monoisotopic (exact) mass is 298 g/mol. The third kappa shape index (κ3) is 2.12. The van der Waals surface area contributed by atoms with Gasteiger partial charge in [-0.2, -0.15) is 5.10 Å². The zero-order valence-electron chi connectivity index (χ0n) is 11.6. The fourth-order valence-corrected chi connectivity index (χ4v) is 3.92. The van der Waals surface area contributed by atoms with E-state index >= 15 is 0 Å². The highest BCUT2D eigenvalue weighted by molar-refractivity contribution is 7.19. The Bertz CT molecular complexity index is 820. The van der Waals surface area contributed by atoms with Crippen LogP contribution in [-0.4, -0.2) is 15.7 Å². The predicted octanol–water partition coefficient (Wildman–Crippen LogP) is 3.61. The molecule has 0 radical (unpaired) electrons. The van der Waals surface area contributed by atoms with E-state index in [1.165, 1.54) is 16.9 Å². The molecule has 0 unspecified atom stereocenters. The van der Waals surface area contributed by atoms with Crippen molar-refractivity contribution >= 4 is 33.1 Å². The predicted molar refractivity (Wildman–Crippen MR) is 84.0 cm³/mol. The smallest absolute Gasteiger partial charge is 0.158 e. The summed E-state index contributed by atoms with van der Waals surface area (Å²) in [5, 5.41) is 5.51. The summed E-state index contributed by atoms with van der Waals surface area (Å²) in [7, 11) is 0. The van der Waals surface area contributed by atoms with Crippen LogP contribution in [0.25, 0.3) is 10.2 Å². The van der Waals surface area contributed by atoms with Crippen LogP contribution in [0, 0.1) is 0 Å². The fourth-order valence-electron chi connectivity index (χ4n) is 2.69. The number of rotatable bonds is 3. The van der Waals surface area contributed by atoms with Crippen molar-refractivity contribution in [1.29, 1.82) is 0 Å². The Morgan fingerprint density at radius 2 is 2.33 bits per heavy atom. The van der Waals surface area contributed by atoms with Gasteiger partial charge in [-0.1, -0.05) is 0 Å². The minimum Gasteiger partial charge on any atom is -0.463 e. The summed E-state index contributed by atoms with van der Waals surface area (Å²) < 4.78 is 5.33. The van der Waals surface area contributed by atoms with Gasteiger partial charge in [0, 0.05) is 4.88 Å². The van der Waals surface area contributed by atoms with E-state index in [9.17, 15) is 0 Å². The van der Waals surface area contributed by atoms with E-state index in [2.05, 4.69) is 20.5 Å². The number of hydrogen-bond acceptors (Lipinski definition) is 6. The molecule has 5 nitrogen and oxygen atoms in total. The zero-order valence-corrected chi connectivity index (χ0v) is 12.4. The highest BCUT2D eigenvalue weighted by Gasteiger charge is 2.21. The molecule has 1 N–H and O–H groups in total. The Morgan fingerprint density at radius 3 is 3.19 bits per heavy atom. The molecule has 0 saturated heterocycles. The maximum atomic E-state index is 5.33. The minimum absolute atomic E-state index is 0.753. The molecule has 106 valence electrons. The van der Waals surface area contributed by atoms with Gasteiger partial charge in [0.15, 0.2) is 5.82 Å². The highest BCUT2D eigenvalue weighted by Crippen LogP contribution is 2.38.